The normalized spacial score (nSPS) is 16.8. The molecule has 4 aromatic rings. The number of rotatable bonds is 7. The molecule has 0 saturated carbocycles. The van der Waals surface area contributed by atoms with Gasteiger partial charge < -0.3 is 9.84 Å². The largest absolute Gasteiger partial charge is 0.481 e. The van der Waals surface area contributed by atoms with Crippen LogP contribution in [0.15, 0.2) is 66.7 Å². The first-order valence-corrected chi connectivity index (χ1v) is 10.3. The Balaban J connectivity index is 1.84. The molecule has 1 atom stereocenters. The van der Waals surface area contributed by atoms with Crippen LogP contribution in [0.1, 0.15) is 30.4 Å². The maximum absolute atomic E-state index is 11.6. The van der Waals surface area contributed by atoms with Gasteiger partial charge in [-0.25, -0.2) is 4.98 Å². The van der Waals surface area contributed by atoms with Crippen molar-refractivity contribution in [3.63, 3.8) is 0 Å². The fourth-order valence-corrected chi connectivity index (χ4v) is 5.01. The summed E-state index contributed by atoms with van der Waals surface area (Å²) in [6.07, 6.45) is 0.917. The molecule has 1 unspecified atom stereocenters. The van der Waals surface area contributed by atoms with Gasteiger partial charge in [0.2, 0.25) is 0 Å². The zero-order chi connectivity index (χ0) is 21.4. The summed E-state index contributed by atoms with van der Waals surface area (Å²) >= 11 is 0. The van der Waals surface area contributed by atoms with Gasteiger partial charge in [0.1, 0.15) is 0 Å². The van der Waals surface area contributed by atoms with Gasteiger partial charge in [-0.15, -0.1) is 0 Å². The molecule has 1 aliphatic carbocycles. The summed E-state index contributed by atoms with van der Waals surface area (Å²) < 4.78 is 5.08. The highest BCUT2D eigenvalue weighted by molar-refractivity contribution is 6.03. The van der Waals surface area contributed by atoms with Crippen LogP contribution < -0.4 is 0 Å². The first kappa shape index (κ1) is 19.2. The molecule has 1 N–H and O–H groups in total. The van der Waals surface area contributed by atoms with E-state index in [1.54, 1.807) is 0 Å². The Morgan fingerprint density at radius 1 is 0.968 bits per heavy atom. The van der Waals surface area contributed by atoms with Crippen molar-refractivity contribution in [1.82, 2.24) is 4.98 Å². The molecule has 0 fully saturated rings. The highest BCUT2D eigenvalue weighted by atomic mass is 16.5. The molecule has 1 aromatic heterocycles. The van der Waals surface area contributed by atoms with Crippen molar-refractivity contribution >= 4 is 34.1 Å². The topological polar surface area (TPSA) is 76.5 Å². The summed E-state index contributed by atoms with van der Waals surface area (Å²) in [6, 6.07) is 22.4. The van der Waals surface area contributed by atoms with Gasteiger partial charge in [0.05, 0.1) is 17.8 Å². The predicted molar refractivity (Wildman–Crippen MR) is 119 cm³/mol. The molecular formula is C26H21NO4. The summed E-state index contributed by atoms with van der Waals surface area (Å²) in [5.41, 5.74) is 4.32. The van der Waals surface area contributed by atoms with Crippen LogP contribution in [0, 0.1) is 0 Å². The Hall–Kier alpha value is -3.73. The van der Waals surface area contributed by atoms with Gasteiger partial charge in [0, 0.05) is 22.8 Å². The Bertz CT molecular complexity index is 1330. The third-order valence-corrected chi connectivity index (χ3v) is 6.40. The molecule has 0 aliphatic heterocycles. The number of aromatic nitrogens is 1. The minimum Gasteiger partial charge on any atom is -0.481 e. The van der Waals surface area contributed by atoms with Gasteiger partial charge >= 0.3 is 5.97 Å². The molecule has 5 rings (SSSR count). The lowest BCUT2D eigenvalue weighted by Crippen LogP contribution is -2.28. The van der Waals surface area contributed by atoms with E-state index in [1.807, 2.05) is 36.4 Å². The van der Waals surface area contributed by atoms with Crippen molar-refractivity contribution in [2.45, 2.75) is 24.7 Å². The molecule has 0 amide bonds. The number of ether oxygens (including phenoxy) is 1. The van der Waals surface area contributed by atoms with Crippen LogP contribution in [0.5, 0.6) is 0 Å². The smallest absolute Gasteiger partial charge is 0.303 e. The molecule has 0 spiro atoms. The Kier molecular flexibility index (Phi) is 4.66. The summed E-state index contributed by atoms with van der Waals surface area (Å²) in [4.78, 5) is 27.5. The average Bonchev–Trinajstić information content (AvgIpc) is 3.06. The zero-order valence-corrected chi connectivity index (χ0v) is 16.9. The number of carbonyl (C=O) groups excluding carboxylic acids is 1. The molecule has 1 aliphatic rings. The molecule has 5 heteroatoms. The zero-order valence-electron chi connectivity index (χ0n) is 16.9. The lowest BCUT2D eigenvalue weighted by molar-refractivity contribution is -0.137. The minimum atomic E-state index is -0.847. The molecular weight excluding hydrogens is 390 g/mol. The number of aliphatic carboxylic acids is 1. The van der Waals surface area contributed by atoms with Gasteiger partial charge in [0.25, 0.3) is 6.47 Å². The average molecular weight is 411 g/mol. The molecule has 0 bridgehead atoms. The van der Waals surface area contributed by atoms with E-state index in [9.17, 15) is 14.7 Å². The van der Waals surface area contributed by atoms with E-state index in [2.05, 4.69) is 30.3 Å². The summed E-state index contributed by atoms with van der Waals surface area (Å²) in [5, 5.41) is 12.7. The van der Waals surface area contributed by atoms with E-state index in [0.717, 1.165) is 44.1 Å². The maximum Gasteiger partial charge on any atom is 0.303 e. The van der Waals surface area contributed by atoms with E-state index in [-0.39, 0.29) is 13.0 Å². The molecule has 5 nitrogen and oxygen atoms in total. The van der Waals surface area contributed by atoms with Crippen LogP contribution in [0.3, 0.4) is 0 Å². The van der Waals surface area contributed by atoms with Crippen LogP contribution in [-0.2, 0) is 19.7 Å². The fourth-order valence-electron chi connectivity index (χ4n) is 5.01. The van der Waals surface area contributed by atoms with Crippen molar-refractivity contribution in [2.75, 3.05) is 6.61 Å². The number of carbonyl (C=O) groups is 2. The molecule has 0 saturated heterocycles. The maximum atomic E-state index is 11.6. The second-order valence-electron chi connectivity index (χ2n) is 7.98. The van der Waals surface area contributed by atoms with Crippen LogP contribution >= 0.6 is 0 Å². The van der Waals surface area contributed by atoms with Crippen molar-refractivity contribution in [3.05, 3.63) is 77.9 Å². The standard InChI is InChI=1S/C26H21NO4/c28-16-31-14-13-26(12-11-23(29)30)20-10-9-17-5-1-3-7-19(17)24(20)25-21(26)15-18-6-2-4-8-22(18)27-25/h1-10,15-16H,11-14H2,(H,29,30). The number of carboxylic acids is 1. The molecule has 1 heterocycles. The lowest BCUT2D eigenvalue weighted by atomic mass is 9.72. The van der Waals surface area contributed by atoms with Crippen molar-refractivity contribution in [2.24, 2.45) is 0 Å². The second kappa shape index (κ2) is 7.51. The number of carboxylic acid groups (broad SMARTS) is 1. The third kappa shape index (κ3) is 3.05. The third-order valence-electron chi connectivity index (χ3n) is 6.40. The van der Waals surface area contributed by atoms with Crippen molar-refractivity contribution in [1.29, 1.82) is 0 Å². The summed E-state index contributed by atoms with van der Waals surface area (Å²) in [6.45, 7) is 0.655. The minimum absolute atomic E-state index is 0.0135. The molecule has 154 valence electrons. The summed E-state index contributed by atoms with van der Waals surface area (Å²) in [7, 11) is 0. The number of pyridine rings is 1. The predicted octanol–water partition coefficient (Wildman–Crippen LogP) is 5.08. The first-order valence-electron chi connectivity index (χ1n) is 10.3. The molecule has 31 heavy (non-hydrogen) atoms. The van der Waals surface area contributed by atoms with E-state index in [0.29, 0.717) is 19.3 Å². The van der Waals surface area contributed by atoms with E-state index in [4.69, 9.17) is 9.72 Å². The van der Waals surface area contributed by atoms with E-state index >= 15 is 0 Å². The summed E-state index contributed by atoms with van der Waals surface area (Å²) in [5.74, 6) is -0.847. The Morgan fingerprint density at radius 3 is 2.55 bits per heavy atom. The first-order chi connectivity index (χ1) is 15.1. The highest BCUT2D eigenvalue weighted by Crippen LogP contribution is 2.55. The van der Waals surface area contributed by atoms with Gasteiger partial charge in [0.15, 0.2) is 0 Å². The van der Waals surface area contributed by atoms with Gasteiger partial charge in [-0.2, -0.15) is 0 Å². The number of para-hydroxylation sites is 1. The van der Waals surface area contributed by atoms with Crippen LogP contribution in [0.25, 0.3) is 32.9 Å². The fraction of sp³-hybridized carbons (Fsp3) is 0.192. The quantitative estimate of drug-likeness (QED) is 0.339. The van der Waals surface area contributed by atoms with Gasteiger partial charge in [-0.1, -0.05) is 54.6 Å². The van der Waals surface area contributed by atoms with Crippen LogP contribution in [-0.4, -0.2) is 29.1 Å². The molecule has 3 aromatic carbocycles. The van der Waals surface area contributed by atoms with Crippen molar-refractivity contribution in [3.8, 4) is 11.3 Å². The van der Waals surface area contributed by atoms with Gasteiger partial charge in [-0.3, -0.25) is 9.59 Å². The number of nitrogens with zero attached hydrogens (tertiary/aromatic N) is 1. The highest BCUT2D eigenvalue weighted by Gasteiger charge is 2.45. The van der Waals surface area contributed by atoms with Crippen LogP contribution in [0.4, 0.5) is 0 Å². The Labute approximate surface area is 179 Å². The molecule has 0 radical (unpaired) electrons. The SMILES string of the molecule is O=COCCC1(CCC(=O)O)c2cc3ccccc3nc2-c2c1ccc1ccccc21. The van der Waals surface area contributed by atoms with E-state index in [1.165, 1.54) is 0 Å². The number of hydrogen-bond donors (Lipinski definition) is 1. The van der Waals surface area contributed by atoms with E-state index < -0.39 is 11.4 Å². The number of fused-ring (bicyclic) bond motifs is 6. The lowest BCUT2D eigenvalue weighted by Gasteiger charge is -2.31. The van der Waals surface area contributed by atoms with Crippen LogP contribution in [0.2, 0.25) is 0 Å². The number of benzene rings is 3. The second-order valence-corrected chi connectivity index (χ2v) is 7.98. The van der Waals surface area contributed by atoms with Crippen molar-refractivity contribution < 1.29 is 19.4 Å². The van der Waals surface area contributed by atoms with Gasteiger partial charge in [-0.05, 0) is 46.9 Å². The number of hydrogen-bond acceptors (Lipinski definition) is 4. The monoisotopic (exact) mass is 411 g/mol. The Morgan fingerprint density at radius 2 is 1.74 bits per heavy atom.